The number of aromatic nitrogens is 2. The van der Waals surface area contributed by atoms with Crippen molar-refractivity contribution in [3.05, 3.63) is 89.3 Å². The highest BCUT2D eigenvalue weighted by Gasteiger charge is 2.17. The number of hydrogen-bond acceptors (Lipinski definition) is 7. The Morgan fingerprint density at radius 1 is 1.10 bits per heavy atom. The van der Waals surface area contributed by atoms with E-state index >= 15 is 0 Å². The van der Waals surface area contributed by atoms with Crippen molar-refractivity contribution in [1.82, 2.24) is 9.97 Å². The van der Waals surface area contributed by atoms with E-state index in [9.17, 15) is 9.90 Å². The van der Waals surface area contributed by atoms with Crippen LogP contribution in [0.5, 0.6) is 0 Å². The molecule has 0 aliphatic carbocycles. The topological polar surface area (TPSA) is 99.8 Å². The average molecular weight is 415 g/mol. The van der Waals surface area contributed by atoms with E-state index in [2.05, 4.69) is 25.5 Å². The number of amides is 1. The number of rotatable bonds is 5. The second-order valence-electron chi connectivity index (χ2n) is 6.34. The van der Waals surface area contributed by atoms with Gasteiger partial charge in [-0.3, -0.25) is 9.78 Å². The van der Waals surface area contributed by atoms with E-state index in [-0.39, 0.29) is 11.5 Å². The molecule has 7 nitrogen and oxygen atoms in total. The Morgan fingerprint density at radius 3 is 2.70 bits per heavy atom. The fraction of sp³-hybridized carbons (Fsp3) is 0.0455. The van der Waals surface area contributed by atoms with Crippen LogP contribution in [0.1, 0.15) is 10.6 Å². The maximum atomic E-state index is 12.8. The van der Waals surface area contributed by atoms with Gasteiger partial charge < -0.3 is 10.4 Å². The van der Waals surface area contributed by atoms with Crippen molar-refractivity contribution in [1.29, 1.82) is 0 Å². The molecule has 0 spiro atoms. The van der Waals surface area contributed by atoms with Crippen molar-refractivity contribution in [3.63, 3.8) is 0 Å². The molecule has 30 heavy (non-hydrogen) atoms. The normalized spacial score (nSPS) is 12.2. The Kier molecular flexibility index (Phi) is 5.58. The first-order valence-electron chi connectivity index (χ1n) is 9.09. The van der Waals surface area contributed by atoms with Crippen LogP contribution in [0.4, 0.5) is 11.4 Å². The number of nitrogens with zero attached hydrogens (tertiary/aromatic N) is 4. The van der Waals surface area contributed by atoms with Crippen LogP contribution in [0.25, 0.3) is 16.0 Å². The number of benzene rings is 2. The zero-order chi connectivity index (χ0) is 20.9. The van der Waals surface area contributed by atoms with Gasteiger partial charge in [-0.1, -0.05) is 30.3 Å². The van der Waals surface area contributed by atoms with E-state index in [1.165, 1.54) is 6.20 Å². The molecule has 0 saturated carbocycles. The molecule has 4 aromatic rings. The van der Waals surface area contributed by atoms with Crippen LogP contribution >= 0.6 is 11.3 Å². The summed E-state index contributed by atoms with van der Waals surface area (Å²) in [5, 5.41) is 22.6. The fourth-order valence-electron chi connectivity index (χ4n) is 2.76. The molecule has 1 amide bonds. The number of carbonyl (C=O) groups excluding carboxylic acids is 1. The molecule has 0 fully saturated rings. The van der Waals surface area contributed by atoms with Crippen LogP contribution in [0, 0.1) is 6.92 Å². The summed E-state index contributed by atoms with van der Waals surface area (Å²) in [6.45, 7) is 1.94. The predicted molar refractivity (Wildman–Crippen MR) is 118 cm³/mol. The summed E-state index contributed by atoms with van der Waals surface area (Å²) in [5.41, 5.74) is 2.18. The van der Waals surface area contributed by atoms with Gasteiger partial charge in [-0.2, -0.15) is 5.11 Å². The standard InChI is InChI=1S/C22H17N5O2S/c1-14-24-18-10-9-16(12-19(18)30-14)26-27-20(21(28)15-6-3-2-4-7-15)22(29)25-17-8-5-11-23-13-17/h2-13,28H,1H3,(H,25,29)/b21-20+,27-26?. The lowest BCUT2D eigenvalue weighted by atomic mass is 10.1. The Morgan fingerprint density at radius 2 is 1.93 bits per heavy atom. The van der Waals surface area contributed by atoms with E-state index in [0.717, 1.165) is 15.2 Å². The number of aryl methyl sites for hydroxylation is 1. The SMILES string of the molecule is Cc1nc2ccc(N=N/C(C(=O)Nc3cccnc3)=C(/O)c3ccccc3)cc2s1. The van der Waals surface area contributed by atoms with Gasteiger partial charge in [-0.05, 0) is 37.3 Å². The van der Waals surface area contributed by atoms with Gasteiger partial charge in [0.05, 0.1) is 32.8 Å². The van der Waals surface area contributed by atoms with Gasteiger partial charge in [0.1, 0.15) is 0 Å². The van der Waals surface area contributed by atoms with Crippen LogP contribution in [0.2, 0.25) is 0 Å². The van der Waals surface area contributed by atoms with Gasteiger partial charge in [0.15, 0.2) is 11.5 Å². The second kappa shape index (κ2) is 8.62. The largest absolute Gasteiger partial charge is 0.505 e. The average Bonchev–Trinajstić information content (AvgIpc) is 3.14. The quantitative estimate of drug-likeness (QED) is 0.250. The monoisotopic (exact) mass is 415 g/mol. The highest BCUT2D eigenvalue weighted by molar-refractivity contribution is 7.18. The third-order valence-electron chi connectivity index (χ3n) is 4.15. The molecule has 0 radical (unpaired) electrons. The molecule has 0 aliphatic rings. The first kappa shape index (κ1) is 19.4. The summed E-state index contributed by atoms with van der Waals surface area (Å²) >= 11 is 1.55. The highest BCUT2D eigenvalue weighted by Crippen LogP contribution is 2.27. The summed E-state index contributed by atoms with van der Waals surface area (Å²) in [6.07, 6.45) is 3.11. The number of fused-ring (bicyclic) bond motifs is 1. The van der Waals surface area contributed by atoms with Crippen LogP contribution in [0.15, 0.2) is 89.0 Å². The minimum atomic E-state index is -0.595. The van der Waals surface area contributed by atoms with E-state index in [4.69, 9.17) is 0 Å². The Bertz CT molecular complexity index is 1250. The third-order valence-corrected chi connectivity index (χ3v) is 5.08. The number of carbonyl (C=O) groups is 1. The molecule has 2 aromatic carbocycles. The highest BCUT2D eigenvalue weighted by atomic mass is 32.1. The molecule has 4 rings (SSSR count). The van der Waals surface area contributed by atoms with Crippen LogP contribution in [-0.2, 0) is 4.79 Å². The van der Waals surface area contributed by atoms with E-state index in [1.54, 1.807) is 60.0 Å². The molecule has 0 saturated heterocycles. The van der Waals surface area contributed by atoms with E-state index in [0.29, 0.717) is 16.9 Å². The molecule has 2 aromatic heterocycles. The van der Waals surface area contributed by atoms with Crippen LogP contribution in [0.3, 0.4) is 0 Å². The molecule has 0 bridgehead atoms. The lowest BCUT2D eigenvalue weighted by molar-refractivity contribution is -0.112. The number of aliphatic hydroxyl groups excluding tert-OH is 1. The fourth-order valence-corrected chi connectivity index (χ4v) is 3.62. The van der Waals surface area contributed by atoms with E-state index in [1.807, 2.05) is 25.1 Å². The summed E-state index contributed by atoms with van der Waals surface area (Å²) < 4.78 is 0.974. The zero-order valence-electron chi connectivity index (χ0n) is 16.0. The number of thiazole rings is 1. The first-order chi connectivity index (χ1) is 14.6. The van der Waals surface area contributed by atoms with Gasteiger partial charge in [-0.25, -0.2) is 4.98 Å². The summed E-state index contributed by atoms with van der Waals surface area (Å²) in [6, 6.07) is 17.6. The van der Waals surface area contributed by atoms with Crippen molar-refractivity contribution in [2.75, 3.05) is 5.32 Å². The second-order valence-corrected chi connectivity index (χ2v) is 7.58. The molecule has 148 valence electrons. The minimum Gasteiger partial charge on any atom is -0.505 e. The van der Waals surface area contributed by atoms with Crippen molar-refractivity contribution < 1.29 is 9.90 Å². The third kappa shape index (κ3) is 4.39. The molecule has 8 heteroatoms. The first-order valence-corrected chi connectivity index (χ1v) is 9.91. The van der Waals surface area contributed by atoms with Gasteiger partial charge in [-0.15, -0.1) is 16.5 Å². The molecule has 2 N–H and O–H groups in total. The number of hydrogen-bond donors (Lipinski definition) is 2. The molecule has 0 aliphatic heterocycles. The smallest absolute Gasteiger partial charge is 0.280 e. The van der Waals surface area contributed by atoms with Crippen LogP contribution in [-0.4, -0.2) is 21.0 Å². The maximum Gasteiger partial charge on any atom is 0.280 e. The number of azo groups is 1. The van der Waals surface area contributed by atoms with Crippen molar-refractivity contribution in [2.24, 2.45) is 10.2 Å². The van der Waals surface area contributed by atoms with Crippen molar-refractivity contribution >= 4 is 44.6 Å². The summed E-state index contributed by atoms with van der Waals surface area (Å²) in [5.74, 6) is -0.863. The van der Waals surface area contributed by atoms with Crippen molar-refractivity contribution in [3.8, 4) is 0 Å². The summed E-state index contributed by atoms with van der Waals surface area (Å²) in [4.78, 5) is 21.2. The molecule has 0 atom stereocenters. The lowest BCUT2D eigenvalue weighted by Gasteiger charge is -2.07. The molecule has 0 unspecified atom stereocenters. The Labute approximate surface area is 176 Å². The number of nitrogens with one attached hydrogen (secondary N) is 1. The molecular formula is C22H17N5O2S. The van der Waals surface area contributed by atoms with Gasteiger partial charge >= 0.3 is 0 Å². The predicted octanol–water partition coefficient (Wildman–Crippen LogP) is 5.65. The lowest BCUT2D eigenvalue weighted by Crippen LogP contribution is -2.15. The number of anilines is 1. The van der Waals surface area contributed by atoms with E-state index < -0.39 is 5.91 Å². The van der Waals surface area contributed by atoms with Gasteiger partial charge in [0.25, 0.3) is 5.91 Å². The minimum absolute atomic E-state index is 0.203. The number of pyridine rings is 1. The number of aliphatic hydroxyl groups is 1. The summed E-state index contributed by atoms with van der Waals surface area (Å²) in [7, 11) is 0. The zero-order valence-corrected chi connectivity index (χ0v) is 16.8. The van der Waals surface area contributed by atoms with Crippen molar-refractivity contribution in [2.45, 2.75) is 6.92 Å². The molecular weight excluding hydrogens is 398 g/mol. The molecule has 2 heterocycles. The van der Waals surface area contributed by atoms with Gasteiger partial charge in [0.2, 0.25) is 0 Å². The Hall–Kier alpha value is -3.91. The Balaban J connectivity index is 1.70. The van der Waals surface area contributed by atoms with Crippen LogP contribution < -0.4 is 5.32 Å². The maximum absolute atomic E-state index is 12.8. The van der Waals surface area contributed by atoms with Gasteiger partial charge in [0, 0.05) is 11.8 Å².